The molecule has 1 heterocycles. The summed E-state index contributed by atoms with van der Waals surface area (Å²) in [4.78, 5) is 7.55. The average Bonchev–Trinajstić information content (AvgIpc) is 2.04. The topological polar surface area (TPSA) is 55.2 Å². The van der Waals surface area contributed by atoms with Crippen LogP contribution in [0.1, 0.15) is 12.6 Å². The van der Waals surface area contributed by atoms with Gasteiger partial charge in [-0.15, -0.1) is 11.6 Å². The third kappa shape index (κ3) is 2.23. The maximum Gasteiger partial charge on any atom is 0.319 e. The average molecular weight is 189 g/mol. The zero-order chi connectivity index (χ0) is 8.97. The maximum absolute atomic E-state index is 9.06. The molecule has 0 aliphatic heterocycles. The summed E-state index contributed by atoms with van der Waals surface area (Å²) in [6.45, 7) is 2.28. The van der Waals surface area contributed by atoms with Gasteiger partial charge in [-0.2, -0.15) is 9.97 Å². The van der Waals surface area contributed by atoms with Crippen molar-refractivity contribution in [1.82, 2.24) is 9.97 Å². The summed E-state index contributed by atoms with van der Waals surface area (Å²) in [6, 6.07) is 1.56. The minimum absolute atomic E-state index is 0.121. The van der Waals surface area contributed by atoms with Crippen LogP contribution in [0.3, 0.4) is 0 Å². The molecule has 0 amide bonds. The van der Waals surface area contributed by atoms with Crippen LogP contribution in [0.4, 0.5) is 0 Å². The van der Waals surface area contributed by atoms with Crippen LogP contribution < -0.4 is 4.74 Å². The van der Waals surface area contributed by atoms with E-state index in [4.69, 9.17) is 21.4 Å². The quantitative estimate of drug-likeness (QED) is 0.727. The second-order valence-electron chi connectivity index (χ2n) is 2.07. The molecule has 0 fully saturated rings. The first kappa shape index (κ1) is 9.06. The number of alkyl halides is 1. The zero-order valence-electron chi connectivity index (χ0n) is 6.62. The summed E-state index contributed by atoms with van der Waals surface area (Å²) in [5, 5.41) is 9.06. The third-order valence-electron chi connectivity index (χ3n) is 1.16. The SMILES string of the molecule is CCOc1nc(O)cc(CCl)n1. The van der Waals surface area contributed by atoms with Crippen LogP contribution in [0.15, 0.2) is 6.07 Å². The standard InChI is InChI=1S/C7H9ClN2O2/c1-2-12-7-9-5(4-8)3-6(11)10-7/h3H,2,4H2,1H3,(H,9,10,11). The van der Waals surface area contributed by atoms with E-state index in [1.165, 1.54) is 6.07 Å². The molecule has 1 N–H and O–H groups in total. The van der Waals surface area contributed by atoms with Gasteiger partial charge in [-0.25, -0.2) is 0 Å². The van der Waals surface area contributed by atoms with E-state index < -0.39 is 0 Å². The molecular formula is C7H9ClN2O2. The molecule has 0 aromatic carbocycles. The summed E-state index contributed by atoms with van der Waals surface area (Å²) < 4.78 is 4.99. The number of halogens is 1. The fourth-order valence-corrected chi connectivity index (χ4v) is 0.858. The van der Waals surface area contributed by atoms with Crippen molar-refractivity contribution in [3.63, 3.8) is 0 Å². The first-order valence-corrected chi connectivity index (χ1v) is 4.05. The van der Waals surface area contributed by atoms with Crippen molar-refractivity contribution in [2.75, 3.05) is 6.61 Å². The molecule has 0 saturated heterocycles. The van der Waals surface area contributed by atoms with Crippen LogP contribution in [0.25, 0.3) is 0 Å². The van der Waals surface area contributed by atoms with Gasteiger partial charge in [0, 0.05) is 6.07 Å². The summed E-state index contributed by atoms with van der Waals surface area (Å²) >= 11 is 5.51. The minimum atomic E-state index is -0.121. The molecule has 1 rings (SSSR count). The lowest BCUT2D eigenvalue weighted by molar-refractivity contribution is 0.304. The Hall–Kier alpha value is -1.03. The van der Waals surface area contributed by atoms with Crippen LogP contribution in [0.2, 0.25) is 0 Å². The van der Waals surface area contributed by atoms with Gasteiger partial charge in [-0.3, -0.25) is 0 Å². The minimum Gasteiger partial charge on any atom is -0.493 e. The normalized spacial score (nSPS) is 9.83. The molecular weight excluding hydrogens is 180 g/mol. The fourth-order valence-electron chi connectivity index (χ4n) is 0.722. The van der Waals surface area contributed by atoms with Crippen molar-refractivity contribution in [1.29, 1.82) is 0 Å². The molecule has 0 aliphatic carbocycles. The van der Waals surface area contributed by atoms with Crippen LogP contribution in [-0.4, -0.2) is 21.7 Å². The lowest BCUT2D eigenvalue weighted by Crippen LogP contribution is -1.99. The molecule has 0 unspecified atom stereocenters. The van der Waals surface area contributed by atoms with Gasteiger partial charge < -0.3 is 9.84 Å². The summed E-state index contributed by atoms with van der Waals surface area (Å²) in [6.07, 6.45) is 0. The Morgan fingerprint density at radius 1 is 1.58 bits per heavy atom. The predicted molar refractivity (Wildman–Crippen MR) is 44.4 cm³/mol. The van der Waals surface area contributed by atoms with Crippen molar-refractivity contribution in [3.8, 4) is 11.9 Å². The number of hydrogen-bond acceptors (Lipinski definition) is 4. The van der Waals surface area contributed by atoms with E-state index in [1.54, 1.807) is 0 Å². The molecule has 0 bridgehead atoms. The summed E-state index contributed by atoms with van der Waals surface area (Å²) in [5.74, 6) is 0.111. The van der Waals surface area contributed by atoms with E-state index in [2.05, 4.69) is 9.97 Å². The molecule has 0 aliphatic rings. The van der Waals surface area contributed by atoms with Crippen molar-refractivity contribution >= 4 is 11.6 Å². The zero-order valence-corrected chi connectivity index (χ0v) is 7.38. The third-order valence-corrected chi connectivity index (χ3v) is 1.43. The van der Waals surface area contributed by atoms with Gasteiger partial charge in [0.2, 0.25) is 5.88 Å². The van der Waals surface area contributed by atoms with Crippen molar-refractivity contribution in [2.45, 2.75) is 12.8 Å². The molecule has 1 aromatic rings. The molecule has 5 heteroatoms. The first-order chi connectivity index (χ1) is 5.76. The molecule has 0 spiro atoms. The second-order valence-corrected chi connectivity index (χ2v) is 2.33. The molecule has 0 radical (unpaired) electrons. The first-order valence-electron chi connectivity index (χ1n) is 3.52. The van der Waals surface area contributed by atoms with Gasteiger partial charge in [-0.1, -0.05) is 0 Å². The molecule has 4 nitrogen and oxygen atoms in total. The lowest BCUT2D eigenvalue weighted by atomic mass is 10.4. The Kier molecular flexibility index (Phi) is 3.10. The Bertz CT molecular complexity index is 268. The van der Waals surface area contributed by atoms with Crippen molar-refractivity contribution < 1.29 is 9.84 Å². The highest BCUT2D eigenvalue weighted by molar-refractivity contribution is 6.16. The lowest BCUT2D eigenvalue weighted by Gasteiger charge is -2.02. The van der Waals surface area contributed by atoms with Crippen LogP contribution >= 0.6 is 11.6 Å². The Morgan fingerprint density at radius 3 is 2.92 bits per heavy atom. The summed E-state index contributed by atoms with van der Waals surface area (Å²) in [5.41, 5.74) is 0.549. The van der Waals surface area contributed by atoms with Gasteiger partial charge >= 0.3 is 6.01 Å². The predicted octanol–water partition coefficient (Wildman–Crippen LogP) is 1.32. The number of ether oxygens (including phenoxy) is 1. The van der Waals surface area contributed by atoms with E-state index in [9.17, 15) is 0 Å². The van der Waals surface area contributed by atoms with E-state index in [0.29, 0.717) is 12.3 Å². The van der Waals surface area contributed by atoms with Gasteiger partial charge in [0.05, 0.1) is 18.2 Å². The van der Waals surface area contributed by atoms with Crippen LogP contribution in [0, 0.1) is 0 Å². The van der Waals surface area contributed by atoms with Crippen LogP contribution in [0.5, 0.6) is 11.9 Å². The molecule has 12 heavy (non-hydrogen) atoms. The Balaban J connectivity index is 2.90. The Labute approximate surface area is 75.2 Å². The van der Waals surface area contributed by atoms with Gasteiger partial charge in [-0.05, 0) is 6.92 Å². The molecule has 1 aromatic heterocycles. The molecule has 0 saturated carbocycles. The number of hydrogen-bond donors (Lipinski definition) is 1. The highest BCUT2D eigenvalue weighted by atomic mass is 35.5. The molecule has 66 valence electrons. The fraction of sp³-hybridized carbons (Fsp3) is 0.429. The number of rotatable bonds is 3. The maximum atomic E-state index is 9.06. The van der Waals surface area contributed by atoms with Crippen molar-refractivity contribution in [3.05, 3.63) is 11.8 Å². The van der Waals surface area contributed by atoms with E-state index >= 15 is 0 Å². The number of aromatic hydroxyl groups is 1. The van der Waals surface area contributed by atoms with Gasteiger partial charge in [0.25, 0.3) is 0 Å². The molecule has 0 atom stereocenters. The second kappa shape index (κ2) is 4.11. The van der Waals surface area contributed by atoms with Gasteiger partial charge in [0.1, 0.15) is 0 Å². The van der Waals surface area contributed by atoms with Gasteiger partial charge in [0.15, 0.2) is 0 Å². The highest BCUT2D eigenvalue weighted by Gasteiger charge is 2.02. The van der Waals surface area contributed by atoms with E-state index in [0.717, 1.165) is 0 Å². The Morgan fingerprint density at radius 2 is 2.33 bits per heavy atom. The largest absolute Gasteiger partial charge is 0.493 e. The van der Waals surface area contributed by atoms with Crippen molar-refractivity contribution in [2.24, 2.45) is 0 Å². The number of nitrogens with zero attached hydrogens (tertiary/aromatic N) is 2. The van der Waals surface area contributed by atoms with Crippen LogP contribution in [-0.2, 0) is 5.88 Å². The highest BCUT2D eigenvalue weighted by Crippen LogP contribution is 2.13. The van der Waals surface area contributed by atoms with E-state index in [1.807, 2.05) is 6.92 Å². The monoisotopic (exact) mass is 188 g/mol. The summed E-state index contributed by atoms with van der Waals surface area (Å²) in [7, 11) is 0. The van der Waals surface area contributed by atoms with E-state index in [-0.39, 0.29) is 17.8 Å². The smallest absolute Gasteiger partial charge is 0.319 e. The number of aromatic nitrogens is 2.